The standard InChI is InChI=1S/C20H26F2N4O4/c1-20(10-9-13-3-7-15(8-4-13)30-18(21)22)17(28)26(19(29)24-20)12-25(2)11-16(27)23-14-5-6-14/h3-4,7-8,14,18H,5-6,9-12H2,1-2H3,(H,23,27)(H,24,29)/t20-/m1/s1. The molecule has 1 heterocycles. The summed E-state index contributed by atoms with van der Waals surface area (Å²) in [5.41, 5.74) is -0.251. The number of benzene rings is 1. The molecule has 2 N–H and O–H groups in total. The smallest absolute Gasteiger partial charge is 0.387 e. The van der Waals surface area contributed by atoms with Crippen LogP contribution in [0.2, 0.25) is 0 Å². The summed E-state index contributed by atoms with van der Waals surface area (Å²) in [4.78, 5) is 39.8. The van der Waals surface area contributed by atoms with Crippen molar-refractivity contribution >= 4 is 17.8 Å². The normalized spacial score (nSPS) is 21.3. The molecular weight excluding hydrogens is 398 g/mol. The highest BCUT2D eigenvalue weighted by molar-refractivity contribution is 6.06. The number of nitrogens with one attached hydrogen (secondary N) is 2. The maximum absolute atomic E-state index is 12.9. The third kappa shape index (κ3) is 5.65. The van der Waals surface area contributed by atoms with E-state index < -0.39 is 18.2 Å². The monoisotopic (exact) mass is 424 g/mol. The first kappa shape index (κ1) is 21.9. The van der Waals surface area contributed by atoms with Crippen LogP contribution >= 0.6 is 0 Å². The van der Waals surface area contributed by atoms with Crippen molar-refractivity contribution < 1.29 is 27.9 Å². The lowest BCUT2D eigenvalue weighted by atomic mass is 9.93. The summed E-state index contributed by atoms with van der Waals surface area (Å²) >= 11 is 0. The average molecular weight is 424 g/mol. The number of likely N-dealkylation sites (N-methyl/N-ethyl adjacent to an activating group) is 1. The van der Waals surface area contributed by atoms with Crippen molar-refractivity contribution in [2.45, 2.75) is 50.8 Å². The van der Waals surface area contributed by atoms with E-state index in [1.165, 1.54) is 12.1 Å². The van der Waals surface area contributed by atoms with Gasteiger partial charge in [-0.3, -0.25) is 14.5 Å². The zero-order valence-corrected chi connectivity index (χ0v) is 17.0. The fourth-order valence-electron chi connectivity index (χ4n) is 3.31. The molecule has 2 fully saturated rings. The number of amides is 4. The van der Waals surface area contributed by atoms with Gasteiger partial charge in [-0.2, -0.15) is 8.78 Å². The van der Waals surface area contributed by atoms with Gasteiger partial charge in [0.2, 0.25) is 5.91 Å². The van der Waals surface area contributed by atoms with Crippen LogP contribution in [0.3, 0.4) is 0 Å². The molecule has 1 saturated heterocycles. The van der Waals surface area contributed by atoms with E-state index in [4.69, 9.17) is 0 Å². The maximum atomic E-state index is 12.9. The minimum absolute atomic E-state index is 0.0119. The summed E-state index contributed by atoms with van der Waals surface area (Å²) in [5.74, 6) is -0.432. The van der Waals surface area contributed by atoms with Crippen molar-refractivity contribution in [3.05, 3.63) is 29.8 Å². The van der Waals surface area contributed by atoms with Crippen LogP contribution < -0.4 is 15.4 Å². The number of alkyl halides is 2. The second-order valence-corrected chi connectivity index (χ2v) is 8.02. The van der Waals surface area contributed by atoms with Gasteiger partial charge in [0.15, 0.2) is 0 Å². The number of nitrogens with zero attached hydrogens (tertiary/aromatic N) is 2. The first-order valence-electron chi connectivity index (χ1n) is 9.82. The fourth-order valence-corrected chi connectivity index (χ4v) is 3.31. The van der Waals surface area contributed by atoms with Crippen molar-refractivity contribution in [1.82, 2.24) is 20.4 Å². The van der Waals surface area contributed by atoms with Gasteiger partial charge in [0.05, 0.1) is 13.2 Å². The molecule has 2 aliphatic rings. The summed E-state index contributed by atoms with van der Waals surface area (Å²) in [6.07, 6.45) is 2.78. The number of imide groups is 1. The number of carbonyl (C=O) groups excluding carboxylic acids is 3. The van der Waals surface area contributed by atoms with E-state index in [2.05, 4.69) is 15.4 Å². The molecule has 0 unspecified atom stereocenters. The number of aryl methyl sites for hydroxylation is 1. The van der Waals surface area contributed by atoms with Crippen molar-refractivity contribution in [3.8, 4) is 5.75 Å². The topological polar surface area (TPSA) is 91.0 Å². The Kier molecular flexibility index (Phi) is 6.55. The van der Waals surface area contributed by atoms with Gasteiger partial charge < -0.3 is 15.4 Å². The Morgan fingerprint density at radius 3 is 2.60 bits per heavy atom. The Morgan fingerprint density at radius 1 is 1.33 bits per heavy atom. The van der Waals surface area contributed by atoms with Gasteiger partial charge in [-0.25, -0.2) is 9.69 Å². The highest BCUT2D eigenvalue weighted by atomic mass is 19.3. The average Bonchev–Trinajstić information content (AvgIpc) is 3.44. The number of urea groups is 1. The lowest BCUT2D eigenvalue weighted by Gasteiger charge is -2.24. The number of hydrogen-bond acceptors (Lipinski definition) is 5. The van der Waals surface area contributed by atoms with Gasteiger partial charge in [0, 0.05) is 6.04 Å². The quantitative estimate of drug-likeness (QED) is 0.558. The van der Waals surface area contributed by atoms with Crippen LogP contribution in [0.5, 0.6) is 5.75 Å². The molecule has 1 atom stereocenters. The minimum atomic E-state index is -2.88. The van der Waals surface area contributed by atoms with Gasteiger partial charge >= 0.3 is 12.6 Å². The van der Waals surface area contributed by atoms with E-state index in [-0.39, 0.29) is 36.8 Å². The minimum Gasteiger partial charge on any atom is -0.435 e. The van der Waals surface area contributed by atoms with Gasteiger partial charge in [-0.05, 0) is 57.4 Å². The van der Waals surface area contributed by atoms with Gasteiger partial charge in [0.1, 0.15) is 11.3 Å². The molecule has 164 valence electrons. The number of hydrogen-bond donors (Lipinski definition) is 2. The fraction of sp³-hybridized carbons (Fsp3) is 0.550. The zero-order valence-electron chi connectivity index (χ0n) is 17.0. The van der Waals surface area contributed by atoms with E-state index in [0.29, 0.717) is 12.8 Å². The van der Waals surface area contributed by atoms with Crippen LogP contribution in [0.4, 0.5) is 13.6 Å². The van der Waals surface area contributed by atoms with E-state index in [9.17, 15) is 23.2 Å². The van der Waals surface area contributed by atoms with Crippen molar-refractivity contribution in [3.63, 3.8) is 0 Å². The number of rotatable bonds is 10. The van der Waals surface area contributed by atoms with Crippen LogP contribution in [0.25, 0.3) is 0 Å². The van der Waals surface area contributed by atoms with Crippen LogP contribution in [-0.2, 0) is 16.0 Å². The summed E-state index contributed by atoms with van der Waals surface area (Å²) in [6.45, 7) is -1.12. The predicted octanol–water partition coefficient (Wildman–Crippen LogP) is 1.70. The molecule has 1 aromatic rings. The second kappa shape index (κ2) is 8.95. The lowest BCUT2D eigenvalue weighted by molar-refractivity contribution is -0.133. The third-order valence-corrected chi connectivity index (χ3v) is 5.15. The molecule has 1 saturated carbocycles. The van der Waals surface area contributed by atoms with Gasteiger partial charge in [-0.15, -0.1) is 0 Å². The number of ether oxygens (including phenoxy) is 1. The highest BCUT2D eigenvalue weighted by Crippen LogP contribution is 2.24. The summed E-state index contributed by atoms with van der Waals surface area (Å²) < 4.78 is 28.8. The molecule has 1 aliphatic heterocycles. The number of halogens is 2. The highest BCUT2D eigenvalue weighted by Gasteiger charge is 2.47. The van der Waals surface area contributed by atoms with Gasteiger partial charge in [0.25, 0.3) is 5.91 Å². The van der Waals surface area contributed by atoms with E-state index in [0.717, 1.165) is 23.3 Å². The SMILES string of the molecule is CN(CC(=O)NC1CC1)CN1C(=O)N[C@](C)(CCc2ccc(OC(F)F)cc2)C1=O. The molecule has 8 nitrogen and oxygen atoms in total. The molecule has 0 spiro atoms. The van der Waals surface area contributed by atoms with Crippen molar-refractivity contribution in [1.29, 1.82) is 0 Å². The summed E-state index contributed by atoms with van der Waals surface area (Å²) in [6, 6.07) is 5.91. The Morgan fingerprint density at radius 2 is 2.00 bits per heavy atom. The van der Waals surface area contributed by atoms with E-state index >= 15 is 0 Å². The Labute approximate surface area is 173 Å². The molecule has 4 amide bonds. The zero-order chi connectivity index (χ0) is 21.9. The molecule has 3 rings (SSSR count). The van der Waals surface area contributed by atoms with Crippen molar-refractivity contribution in [2.24, 2.45) is 0 Å². The maximum Gasteiger partial charge on any atom is 0.387 e. The number of carbonyl (C=O) groups is 3. The Bertz CT molecular complexity index is 801. The van der Waals surface area contributed by atoms with Crippen LogP contribution in [0.1, 0.15) is 31.7 Å². The van der Waals surface area contributed by atoms with Crippen LogP contribution in [0, 0.1) is 0 Å². The first-order chi connectivity index (χ1) is 14.2. The molecule has 0 bridgehead atoms. The predicted molar refractivity (Wildman–Crippen MR) is 104 cm³/mol. The molecule has 0 radical (unpaired) electrons. The third-order valence-electron chi connectivity index (χ3n) is 5.15. The molecular formula is C20H26F2N4O4. The largest absolute Gasteiger partial charge is 0.435 e. The Hall–Kier alpha value is -2.75. The summed E-state index contributed by atoms with van der Waals surface area (Å²) in [5, 5.41) is 5.59. The molecule has 30 heavy (non-hydrogen) atoms. The molecule has 10 heteroatoms. The lowest BCUT2D eigenvalue weighted by Crippen LogP contribution is -2.46. The van der Waals surface area contributed by atoms with Gasteiger partial charge in [-0.1, -0.05) is 12.1 Å². The van der Waals surface area contributed by atoms with E-state index in [1.54, 1.807) is 31.0 Å². The summed E-state index contributed by atoms with van der Waals surface area (Å²) in [7, 11) is 1.67. The van der Waals surface area contributed by atoms with Crippen molar-refractivity contribution in [2.75, 3.05) is 20.3 Å². The molecule has 1 aromatic carbocycles. The first-order valence-corrected chi connectivity index (χ1v) is 9.82. The second-order valence-electron chi connectivity index (χ2n) is 8.02. The van der Waals surface area contributed by atoms with Crippen LogP contribution in [0.15, 0.2) is 24.3 Å². The molecule has 0 aromatic heterocycles. The molecule has 1 aliphatic carbocycles. The Balaban J connectivity index is 1.52. The van der Waals surface area contributed by atoms with E-state index in [1.807, 2.05) is 0 Å². The van der Waals surface area contributed by atoms with Crippen LogP contribution in [-0.4, -0.2) is 66.1 Å².